The van der Waals surface area contributed by atoms with Crippen LogP contribution in [0.5, 0.6) is 11.5 Å². The Balaban J connectivity index is 1.58. The Hall–Kier alpha value is -3.08. The zero-order chi connectivity index (χ0) is 24.8. The number of rotatable bonds is 6. The Morgan fingerprint density at radius 3 is 2.03 bits per heavy atom. The quantitative estimate of drug-likeness (QED) is 0.491. The second-order valence-corrected chi connectivity index (χ2v) is 10.3. The van der Waals surface area contributed by atoms with Gasteiger partial charge in [-0.2, -0.15) is 4.31 Å². The van der Waals surface area contributed by atoms with Crippen LogP contribution in [0.3, 0.4) is 0 Å². The number of sulfonamides is 1. The van der Waals surface area contributed by atoms with E-state index in [0.717, 1.165) is 12.1 Å². The van der Waals surface area contributed by atoms with Crippen molar-refractivity contribution in [1.82, 2.24) is 4.31 Å². The van der Waals surface area contributed by atoms with E-state index in [1.807, 2.05) is 0 Å². The Morgan fingerprint density at radius 1 is 0.943 bits per heavy atom. The van der Waals surface area contributed by atoms with Crippen LogP contribution >= 0.6 is 0 Å². The van der Waals surface area contributed by atoms with Crippen molar-refractivity contribution in [2.75, 3.05) is 20.3 Å². The highest BCUT2D eigenvalue weighted by molar-refractivity contribution is 7.89. The first-order chi connectivity index (χ1) is 16.7. The summed E-state index contributed by atoms with van der Waals surface area (Å²) in [6.07, 6.45) is 1.25. The lowest BCUT2D eigenvalue weighted by Gasteiger charge is -2.28. The minimum absolute atomic E-state index is 0.0129. The van der Waals surface area contributed by atoms with Crippen molar-refractivity contribution in [2.45, 2.75) is 29.6 Å². The van der Waals surface area contributed by atoms with Gasteiger partial charge in [-0.25, -0.2) is 21.6 Å². The number of benzene rings is 3. The van der Waals surface area contributed by atoms with Gasteiger partial charge in [0.1, 0.15) is 22.3 Å². The van der Waals surface area contributed by atoms with E-state index < -0.39 is 44.2 Å². The monoisotopic (exact) mass is 505 g/mol. The molecule has 0 aromatic heterocycles. The van der Waals surface area contributed by atoms with Crippen LogP contribution in [0.4, 0.5) is 13.2 Å². The maximum absolute atomic E-state index is 15.2. The number of nitrogens with zero attached hydrogens (tertiary/aromatic N) is 1. The molecule has 2 aliphatic heterocycles. The first kappa shape index (κ1) is 23.7. The van der Waals surface area contributed by atoms with Crippen LogP contribution in [0.15, 0.2) is 65.6 Å². The number of halogens is 3. The van der Waals surface area contributed by atoms with Crippen molar-refractivity contribution in [3.63, 3.8) is 0 Å². The topological polar surface area (TPSA) is 65.1 Å². The van der Waals surface area contributed by atoms with Crippen molar-refractivity contribution < 1.29 is 35.8 Å². The molecule has 0 spiro atoms. The molecule has 0 saturated carbocycles. The fourth-order valence-corrected chi connectivity index (χ4v) is 6.30. The molecule has 35 heavy (non-hydrogen) atoms. The lowest BCUT2D eigenvalue weighted by atomic mass is 9.97. The summed E-state index contributed by atoms with van der Waals surface area (Å²) in [5.41, 5.74) is 0.706. The highest BCUT2D eigenvalue weighted by atomic mass is 32.2. The number of fused-ring (bicyclic) bond motifs is 1. The first-order valence-electron chi connectivity index (χ1n) is 11.0. The van der Waals surface area contributed by atoms with Crippen LogP contribution in [-0.4, -0.2) is 39.0 Å². The summed E-state index contributed by atoms with van der Waals surface area (Å²) in [5.74, 6) is -3.73. The lowest BCUT2D eigenvalue weighted by molar-refractivity contribution is -0.0460. The van der Waals surface area contributed by atoms with Crippen LogP contribution in [0.2, 0.25) is 0 Å². The molecule has 3 aromatic rings. The molecule has 5 rings (SSSR count). The highest BCUT2D eigenvalue weighted by Crippen LogP contribution is 2.49. The molecule has 0 unspecified atom stereocenters. The molecular weight excluding hydrogens is 483 g/mol. The molecule has 0 aliphatic carbocycles. The minimum atomic E-state index is -4.20. The molecular formula is C25H22F3NO5S. The molecule has 3 aromatic carbocycles. The Morgan fingerprint density at radius 2 is 1.49 bits per heavy atom. The maximum Gasteiger partial charge on any atom is 0.305 e. The molecule has 1 atom stereocenters. The van der Waals surface area contributed by atoms with Gasteiger partial charge in [0.2, 0.25) is 10.0 Å². The SMILES string of the molecule is COC[C@@H]1CCCN1S(=O)(=O)c1cc2c(cc1F)OC(c1ccc(F)cc1)(c1ccc(F)cc1)O2. The van der Waals surface area contributed by atoms with Crippen molar-refractivity contribution in [1.29, 1.82) is 0 Å². The smallest absolute Gasteiger partial charge is 0.305 e. The number of hydrogen-bond donors (Lipinski definition) is 0. The minimum Gasteiger partial charge on any atom is -0.440 e. The molecule has 1 fully saturated rings. The average molecular weight is 506 g/mol. The molecule has 0 N–H and O–H groups in total. The Kier molecular flexibility index (Phi) is 5.98. The van der Waals surface area contributed by atoms with E-state index in [1.54, 1.807) is 0 Å². The van der Waals surface area contributed by atoms with Crippen LogP contribution in [0.25, 0.3) is 0 Å². The molecule has 10 heteroatoms. The van der Waals surface area contributed by atoms with Crippen molar-refractivity contribution in [3.05, 3.63) is 89.2 Å². The number of ether oxygens (including phenoxy) is 3. The highest BCUT2D eigenvalue weighted by Gasteiger charge is 2.47. The largest absolute Gasteiger partial charge is 0.440 e. The second kappa shape index (κ2) is 8.85. The predicted octanol–water partition coefficient (Wildman–Crippen LogP) is 4.58. The Labute approximate surface area is 200 Å². The predicted molar refractivity (Wildman–Crippen MR) is 120 cm³/mol. The lowest BCUT2D eigenvalue weighted by Crippen LogP contribution is -2.38. The molecule has 6 nitrogen and oxygen atoms in total. The molecule has 1 saturated heterocycles. The third kappa shape index (κ3) is 4.05. The van der Waals surface area contributed by atoms with Gasteiger partial charge in [0.15, 0.2) is 11.5 Å². The van der Waals surface area contributed by atoms with Crippen molar-refractivity contribution >= 4 is 10.0 Å². The zero-order valence-electron chi connectivity index (χ0n) is 18.7. The third-order valence-electron chi connectivity index (χ3n) is 6.22. The molecule has 2 heterocycles. The molecule has 0 bridgehead atoms. The van der Waals surface area contributed by atoms with Gasteiger partial charge in [-0.3, -0.25) is 0 Å². The summed E-state index contributed by atoms with van der Waals surface area (Å²) in [6, 6.07) is 12.2. The van der Waals surface area contributed by atoms with E-state index in [-0.39, 0.29) is 24.7 Å². The van der Waals surface area contributed by atoms with E-state index in [9.17, 15) is 17.2 Å². The normalized spacial score (nSPS) is 19.3. The van der Waals surface area contributed by atoms with Crippen LogP contribution < -0.4 is 9.47 Å². The summed E-state index contributed by atoms with van der Waals surface area (Å²) >= 11 is 0. The van der Waals surface area contributed by atoms with E-state index in [1.165, 1.54) is 59.9 Å². The molecule has 0 amide bonds. The van der Waals surface area contributed by atoms with Crippen molar-refractivity contribution in [2.24, 2.45) is 0 Å². The Bertz CT molecular complexity index is 1300. The average Bonchev–Trinajstić information content (AvgIpc) is 3.45. The second-order valence-electron chi connectivity index (χ2n) is 8.43. The summed E-state index contributed by atoms with van der Waals surface area (Å²) in [4.78, 5) is -0.545. The third-order valence-corrected chi connectivity index (χ3v) is 8.19. The summed E-state index contributed by atoms with van der Waals surface area (Å²) < 4.78 is 87.7. The van der Waals surface area contributed by atoms with E-state index >= 15 is 4.39 Å². The van der Waals surface area contributed by atoms with Gasteiger partial charge in [0, 0.05) is 43.0 Å². The van der Waals surface area contributed by atoms with E-state index in [0.29, 0.717) is 24.0 Å². The first-order valence-corrected chi connectivity index (χ1v) is 12.4. The van der Waals surface area contributed by atoms with Crippen LogP contribution in [0.1, 0.15) is 24.0 Å². The summed E-state index contributed by atoms with van der Waals surface area (Å²) in [6.45, 7) is 0.447. The molecule has 0 radical (unpaired) electrons. The van der Waals surface area contributed by atoms with E-state index in [4.69, 9.17) is 14.2 Å². The standard InChI is InChI=1S/C25H22F3NO5S/c1-32-15-20-3-2-12-29(20)35(30,31)24-14-23-22(13-21(24)28)33-25(34-23,16-4-8-18(26)9-5-16)17-6-10-19(27)11-7-17/h4-11,13-14,20H,2-3,12,15H2,1H3/t20-/m0/s1. The number of methoxy groups -OCH3 is 1. The fourth-order valence-electron chi connectivity index (χ4n) is 4.56. The summed E-state index contributed by atoms with van der Waals surface area (Å²) in [5, 5.41) is 0. The summed E-state index contributed by atoms with van der Waals surface area (Å²) in [7, 11) is -2.72. The van der Waals surface area contributed by atoms with Gasteiger partial charge in [-0.1, -0.05) is 0 Å². The van der Waals surface area contributed by atoms with Gasteiger partial charge >= 0.3 is 5.79 Å². The van der Waals surface area contributed by atoms with Crippen LogP contribution in [-0.2, 0) is 20.5 Å². The molecule has 2 aliphatic rings. The van der Waals surface area contributed by atoms with Gasteiger partial charge < -0.3 is 14.2 Å². The maximum atomic E-state index is 15.2. The fraction of sp³-hybridized carbons (Fsp3) is 0.280. The van der Waals surface area contributed by atoms with Crippen molar-refractivity contribution in [3.8, 4) is 11.5 Å². The van der Waals surface area contributed by atoms with Gasteiger partial charge in [0.25, 0.3) is 0 Å². The van der Waals surface area contributed by atoms with Gasteiger partial charge in [-0.15, -0.1) is 0 Å². The van der Waals surface area contributed by atoms with Crippen LogP contribution in [0, 0.1) is 17.5 Å². The van der Waals surface area contributed by atoms with Gasteiger partial charge in [0.05, 0.1) is 6.61 Å². The zero-order valence-corrected chi connectivity index (χ0v) is 19.5. The molecule has 184 valence electrons. The van der Waals surface area contributed by atoms with Gasteiger partial charge in [-0.05, 0) is 61.4 Å². The number of hydrogen-bond acceptors (Lipinski definition) is 5. The van der Waals surface area contributed by atoms with E-state index in [2.05, 4.69) is 0 Å².